The van der Waals surface area contributed by atoms with Gasteiger partial charge in [0.05, 0.1) is 12.7 Å². The molecule has 0 unspecified atom stereocenters. The SMILES string of the molecule is C[C@@H](C/C=C/CO)[C@@H](/C=C\I)O[Si](C)(C)C(C)(C)C. The molecule has 0 saturated heterocycles. The largest absolute Gasteiger partial charge is 0.410 e. The van der Waals surface area contributed by atoms with Gasteiger partial charge in [0.1, 0.15) is 0 Å². The summed E-state index contributed by atoms with van der Waals surface area (Å²) in [5.74, 6) is 0.419. The van der Waals surface area contributed by atoms with Crippen molar-refractivity contribution in [2.75, 3.05) is 6.61 Å². The van der Waals surface area contributed by atoms with Gasteiger partial charge in [0, 0.05) is 0 Å². The fourth-order valence-electron chi connectivity index (χ4n) is 1.45. The number of allylic oxidation sites excluding steroid dienone is 1. The number of aliphatic hydroxyl groups excluding tert-OH is 1. The minimum atomic E-state index is -1.74. The molecule has 0 aromatic heterocycles. The Bertz CT molecular complexity index is 306. The van der Waals surface area contributed by atoms with Crippen LogP contribution in [0.3, 0.4) is 0 Å². The number of rotatable bonds is 7. The highest BCUT2D eigenvalue weighted by atomic mass is 127. The summed E-state index contributed by atoms with van der Waals surface area (Å²) in [6.45, 7) is 13.7. The van der Waals surface area contributed by atoms with E-state index < -0.39 is 8.32 Å². The van der Waals surface area contributed by atoms with Crippen molar-refractivity contribution in [3.63, 3.8) is 0 Å². The summed E-state index contributed by atoms with van der Waals surface area (Å²) in [7, 11) is -1.74. The molecule has 2 nitrogen and oxygen atoms in total. The zero-order chi connectivity index (χ0) is 15.1. The summed E-state index contributed by atoms with van der Waals surface area (Å²) in [5, 5.41) is 9.02. The summed E-state index contributed by atoms with van der Waals surface area (Å²) in [4.78, 5) is 0. The Kier molecular flexibility index (Phi) is 8.75. The van der Waals surface area contributed by atoms with Crippen LogP contribution in [0, 0.1) is 5.92 Å². The fourth-order valence-corrected chi connectivity index (χ4v) is 3.21. The lowest BCUT2D eigenvalue weighted by molar-refractivity contribution is 0.170. The molecule has 0 bridgehead atoms. The molecule has 0 aliphatic carbocycles. The molecule has 0 aromatic carbocycles. The average molecular weight is 396 g/mol. The second-order valence-corrected chi connectivity index (χ2v) is 12.0. The Morgan fingerprint density at radius 1 is 1.26 bits per heavy atom. The molecule has 0 rings (SSSR count). The van der Waals surface area contributed by atoms with Gasteiger partial charge in [-0.05, 0) is 34.6 Å². The van der Waals surface area contributed by atoms with E-state index in [-0.39, 0.29) is 17.7 Å². The lowest BCUT2D eigenvalue weighted by atomic mass is 10.0. The first-order chi connectivity index (χ1) is 8.65. The molecule has 0 spiro atoms. The number of halogens is 1. The normalized spacial score (nSPS) is 17.3. The summed E-state index contributed by atoms with van der Waals surface area (Å²) in [5.41, 5.74) is 0. The van der Waals surface area contributed by atoms with Crippen molar-refractivity contribution >= 4 is 30.9 Å². The van der Waals surface area contributed by atoms with E-state index in [0.717, 1.165) is 6.42 Å². The zero-order valence-electron chi connectivity index (χ0n) is 13.1. The van der Waals surface area contributed by atoms with Crippen molar-refractivity contribution < 1.29 is 9.53 Å². The lowest BCUT2D eigenvalue weighted by Crippen LogP contribution is -2.44. The third-order valence-corrected chi connectivity index (χ3v) is 8.73. The van der Waals surface area contributed by atoms with Gasteiger partial charge in [-0.2, -0.15) is 0 Å². The summed E-state index contributed by atoms with van der Waals surface area (Å²) in [6.07, 6.45) is 7.07. The predicted molar refractivity (Wildman–Crippen MR) is 95.2 cm³/mol. The van der Waals surface area contributed by atoms with Crippen LogP contribution < -0.4 is 0 Å². The monoisotopic (exact) mass is 396 g/mol. The van der Waals surface area contributed by atoms with E-state index in [1.807, 2.05) is 10.2 Å². The van der Waals surface area contributed by atoms with E-state index in [1.54, 1.807) is 6.08 Å². The van der Waals surface area contributed by atoms with Gasteiger partial charge in [0.15, 0.2) is 8.32 Å². The molecule has 0 fully saturated rings. The van der Waals surface area contributed by atoms with E-state index in [9.17, 15) is 0 Å². The maximum absolute atomic E-state index is 8.79. The van der Waals surface area contributed by atoms with Crippen molar-refractivity contribution in [1.29, 1.82) is 0 Å². The first-order valence-corrected chi connectivity index (χ1v) is 11.0. The quantitative estimate of drug-likeness (QED) is 0.377. The van der Waals surface area contributed by atoms with E-state index in [1.165, 1.54) is 0 Å². The third kappa shape index (κ3) is 7.06. The number of hydrogen-bond donors (Lipinski definition) is 1. The molecule has 112 valence electrons. The van der Waals surface area contributed by atoms with Crippen molar-refractivity contribution in [3.05, 3.63) is 22.3 Å². The minimum absolute atomic E-state index is 0.114. The minimum Gasteiger partial charge on any atom is -0.410 e. The van der Waals surface area contributed by atoms with E-state index in [4.69, 9.17) is 9.53 Å². The Balaban J connectivity index is 4.79. The van der Waals surface area contributed by atoms with Crippen LogP contribution in [-0.4, -0.2) is 26.1 Å². The second kappa shape index (κ2) is 8.59. The Labute approximate surface area is 133 Å². The highest BCUT2D eigenvalue weighted by Crippen LogP contribution is 2.38. The molecule has 0 aliphatic rings. The molecule has 0 radical (unpaired) electrons. The Hall–Kier alpha value is 0.347. The summed E-state index contributed by atoms with van der Waals surface area (Å²) < 4.78 is 8.53. The topological polar surface area (TPSA) is 29.5 Å². The van der Waals surface area contributed by atoms with Crippen molar-refractivity contribution in [2.45, 2.75) is 58.4 Å². The van der Waals surface area contributed by atoms with Gasteiger partial charge in [0.2, 0.25) is 0 Å². The first kappa shape index (κ1) is 19.3. The Morgan fingerprint density at radius 2 is 1.84 bits per heavy atom. The van der Waals surface area contributed by atoms with Gasteiger partial charge < -0.3 is 9.53 Å². The van der Waals surface area contributed by atoms with Crippen LogP contribution in [0.15, 0.2) is 22.3 Å². The predicted octanol–water partition coefficient (Wildman–Crippen LogP) is 4.90. The van der Waals surface area contributed by atoms with Gasteiger partial charge >= 0.3 is 0 Å². The van der Waals surface area contributed by atoms with E-state index in [0.29, 0.717) is 5.92 Å². The summed E-state index contributed by atoms with van der Waals surface area (Å²) >= 11 is 2.25. The van der Waals surface area contributed by atoms with Gasteiger partial charge in [0.25, 0.3) is 0 Å². The lowest BCUT2D eigenvalue weighted by Gasteiger charge is -2.40. The second-order valence-electron chi connectivity index (χ2n) is 6.53. The molecule has 4 heteroatoms. The van der Waals surface area contributed by atoms with E-state index >= 15 is 0 Å². The molecule has 0 aromatic rings. The fraction of sp³-hybridized carbons (Fsp3) is 0.733. The first-order valence-electron chi connectivity index (χ1n) is 6.86. The maximum Gasteiger partial charge on any atom is 0.192 e. The van der Waals surface area contributed by atoms with Gasteiger partial charge in [-0.15, -0.1) is 0 Å². The van der Waals surface area contributed by atoms with Crippen LogP contribution in [0.2, 0.25) is 18.1 Å². The molecule has 0 saturated carbocycles. The van der Waals surface area contributed by atoms with Gasteiger partial charge in [-0.3, -0.25) is 0 Å². The van der Waals surface area contributed by atoms with Crippen LogP contribution in [0.5, 0.6) is 0 Å². The molecule has 2 atom stereocenters. The number of aliphatic hydroxyl groups is 1. The molecular formula is C15H29IO2Si. The molecule has 19 heavy (non-hydrogen) atoms. The van der Waals surface area contributed by atoms with Gasteiger partial charge in [-0.1, -0.05) is 68.5 Å². The van der Waals surface area contributed by atoms with Crippen LogP contribution in [0.1, 0.15) is 34.1 Å². The maximum atomic E-state index is 8.79. The van der Waals surface area contributed by atoms with E-state index in [2.05, 4.69) is 69.5 Å². The standard InChI is InChI=1S/C15H29IO2Si/c1-13(9-7-8-12-17)14(10-11-16)18-19(5,6)15(2,3)4/h7-8,10-11,13-14,17H,9,12H2,1-6H3/b8-7+,11-10-/t13-,14+/m0/s1. The Morgan fingerprint density at radius 3 is 2.26 bits per heavy atom. The van der Waals surface area contributed by atoms with Crippen LogP contribution >= 0.6 is 22.6 Å². The molecule has 1 N–H and O–H groups in total. The average Bonchev–Trinajstić information content (AvgIpc) is 2.27. The van der Waals surface area contributed by atoms with Crippen LogP contribution in [-0.2, 0) is 4.43 Å². The molecule has 0 heterocycles. The summed E-state index contributed by atoms with van der Waals surface area (Å²) in [6, 6.07) is 0. The zero-order valence-corrected chi connectivity index (χ0v) is 16.3. The van der Waals surface area contributed by atoms with Crippen LogP contribution in [0.25, 0.3) is 0 Å². The number of hydrogen-bond acceptors (Lipinski definition) is 2. The smallest absolute Gasteiger partial charge is 0.192 e. The molecular weight excluding hydrogens is 367 g/mol. The third-order valence-electron chi connectivity index (χ3n) is 3.84. The van der Waals surface area contributed by atoms with Crippen molar-refractivity contribution in [2.24, 2.45) is 5.92 Å². The highest BCUT2D eigenvalue weighted by Gasteiger charge is 2.39. The highest BCUT2D eigenvalue weighted by molar-refractivity contribution is 14.1. The van der Waals surface area contributed by atoms with Crippen LogP contribution in [0.4, 0.5) is 0 Å². The molecule has 0 aliphatic heterocycles. The van der Waals surface area contributed by atoms with Gasteiger partial charge in [-0.25, -0.2) is 0 Å². The molecule has 0 amide bonds. The van der Waals surface area contributed by atoms with Crippen molar-refractivity contribution in [3.8, 4) is 0 Å². The van der Waals surface area contributed by atoms with Crippen molar-refractivity contribution in [1.82, 2.24) is 0 Å².